The van der Waals surface area contributed by atoms with Gasteiger partial charge >= 0.3 is 0 Å². The monoisotopic (exact) mass is 252 g/mol. The molecule has 1 heterocycles. The van der Waals surface area contributed by atoms with Crippen molar-refractivity contribution in [3.05, 3.63) is 29.8 Å². The Kier molecular flexibility index (Phi) is 4.45. The van der Waals surface area contributed by atoms with Crippen molar-refractivity contribution < 1.29 is 14.6 Å². The lowest BCUT2D eigenvalue weighted by Gasteiger charge is -2.21. The van der Waals surface area contributed by atoms with Crippen molar-refractivity contribution in [3.8, 4) is 5.75 Å². The molecule has 0 radical (unpaired) electrons. The standard InChI is InChI=1S/C13H16O3S/c14-11-3-1-10(2-4-11)13(15)9-17-12-5-7-16-8-6-12/h1-4,12,14H,5-9H2. The molecule has 17 heavy (non-hydrogen) atoms. The van der Waals surface area contributed by atoms with Crippen molar-refractivity contribution in [2.45, 2.75) is 18.1 Å². The minimum atomic E-state index is 0.126. The van der Waals surface area contributed by atoms with Crippen LogP contribution in [-0.4, -0.2) is 35.1 Å². The number of benzene rings is 1. The zero-order valence-corrected chi connectivity index (χ0v) is 10.4. The van der Waals surface area contributed by atoms with Crippen LogP contribution in [0.5, 0.6) is 5.75 Å². The number of carbonyl (C=O) groups is 1. The summed E-state index contributed by atoms with van der Waals surface area (Å²) in [6.45, 7) is 1.62. The molecule has 0 unspecified atom stereocenters. The van der Waals surface area contributed by atoms with Gasteiger partial charge in [-0.2, -0.15) is 11.8 Å². The molecular weight excluding hydrogens is 236 g/mol. The number of ether oxygens (including phenoxy) is 1. The van der Waals surface area contributed by atoms with Gasteiger partial charge < -0.3 is 9.84 Å². The fourth-order valence-electron chi connectivity index (χ4n) is 1.77. The lowest BCUT2D eigenvalue weighted by molar-refractivity contribution is 0.0988. The minimum absolute atomic E-state index is 0.126. The summed E-state index contributed by atoms with van der Waals surface area (Å²) in [5.41, 5.74) is 0.669. The Bertz CT molecular complexity index is 369. The zero-order chi connectivity index (χ0) is 12.1. The molecule has 1 aromatic carbocycles. The number of phenolic OH excluding ortho intramolecular Hbond substituents is 1. The van der Waals surface area contributed by atoms with E-state index in [2.05, 4.69) is 0 Å². The van der Waals surface area contributed by atoms with Crippen molar-refractivity contribution in [2.24, 2.45) is 0 Å². The quantitative estimate of drug-likeness (QED) is 0.836. The van der Waals surface area contributed by atoms with Crippen molar-refractivity contribution in [3.63, 3.8) is 0 Å². The van der Waals surface area contributed by atoms with E-state index >= 15 is 0 Å². The van der Waals surface area contributed by atoms with Gasteiger partial charge in [-0.1, -0.05) is 0 Å². The van der Waals surface area contributed by atoms with Crippen molar-refractivity contribution in [2.75, 3.05) is 19.0 Å². The molecule has 1 fully saturated rings. The van der Waals surface area contributed by atoms with Crippen LogP contribution in [0.15, 0.2) is 24.3 Å². The van der Waals surface area contributed by atoms with E-state index in [9.17, 15) is 4.79 Å². The number of ketones is 1. The molecule has 1 aliphatic rings. The third-order valence-electron chi connectivity index (χ3n) is 2.81. The first-order valence-electron chi connectivity index (χ1n) is 5.77. The first-order chi connectivity index (χ1) is 8.25. The van der Waals surface area contributed by atoms with Gasteiger partial charge in [-0.25, -0.2) is 0 Å². The van der Waals surface area contributed by atoms with Crippen LogP contribution in [0.4, 0.5) is 0 Å². The van der Waals surface area contributed by atoms with Crippen LogP contribution in [0.25, 0.3) is 0 Å². The Hall–Kier alpha value is -1.00. The van der Waals surface area contributed by atoms with Crippen molar-refractivity contribution in [1.29, 1.82) is 0 Å². The maximum absolute atomic E-state index is 11.9. The molecule has 1 aromatic rings. The highest BCUT2D eigenvalue weighted by atomic mass is 32.2. The predicted octanol–water partition coefficient (Wildman–Crippen LogP) is 2.49. The Morgan fingerprint density at radius 2 is 1.94 bits per heavy atom. The third kappa shape index (κ3) is 3.75. The van der Waals surface area contributed by atoms with Crippen LogP contribution in [0, 0.1) is 0 Å². The summed E-state index contributed by atoms with van der Waals surface area (Å²) >= 11 is 1.71. The van der Waals surface area contributed by atoms with E-state index in [1.165, 1.54) is 0 Å². The van der Waals surface area contributed by atoms with E-state index < -0.39 is 0 Å². The molecule has 0 amide bonds. The fraction of sp³-hybridized carbons (Fsp3) is 0.462. The highest BCUT2D eigenvalue weighted by Gasteiger charge is 2.16. The second-order valence-electron chi connectivity index (χ2n) is 4.09. The van der Waals surface area contributed by atoms with Crippen LogP contribution in [0.3, 0.4) is 0 Å². The molecule has 3 nitrogen and oxygen atoms in total. The molecule has 1 saturated heterocycles. The molecule has 0 atom stereocenters. The third-order valence-corrected chi connectivity index (χ3v) is 4.18. The van der Waals surface area contributed by atoms with Gasteiger partial charge in [0.1, 0.15) is 5.75 Å². The first kappa shape index (κ1) is 12.5. The van der Waals surface area contributed by atoms with Crippen molar-refractivity contribution in [1.82, 2.24) is 0 Å². The summed E-state index contributed by atoms with van der Waals surface area (Å²) in [6.07, 6.45) is 2.07. The summed E-state index contributed by atoms with van der Waals surface area (Å²) < 4.78 is 5.28. The highest BCUT2D eigenvalue weighted by Crippen LogP contribution is 2.23. The average Bonchev–Trinajstić information content (AvgIpc) is 2.38. The van der Waals surface area contributed by atoms with Crippen molar-refractivity contribution >= 4 is 17.5 Å². The largest absolute Gasteiger partial charge is 0.508 e. The van der Waals surface area contributed by atoms with Crippen LogP contribution >= 0.6 is 11.8 Å². The summed E-state index contributed by atoms with van der Waals surface area (Å²) in [5, 5.41) is 9.69. The lowest BCUT2D eigenvalue weighted by atomic mass is 10.1. The number of rotatable bonds is 4. The number of hydrogen-bond donors (Lipinski definition) is 1. The number of thioether (sulfide) groups is 1. The van der Waals surface area contributed by atoms with Gasteiger partial charge in [0.05, 0.1) is 5.75 Å². The molecule has 0 saturated carbocycles. The van der Waals surface area contributed by atoms with E-state index in [0.29, 0.717) is 16.6 Å². The predicted molar refractivity (Wildman–Crippen MR) is 68.7 cm³/mol. The first-order valence-corrected chi connectivity index (χ1v) is 6.82. The normalized spacial score (nSPS) is 16.9. The minimum Gasteiger partial charge on any atom is -0.508 e. The van der Waals surface area contributed by atoms with Gasteiger partial charge in [-0.3, -0.25) is 4.79 Å². The molecule has 0 bridgehead atoms. The second kappa shape index (κ2) is 6.07. The highest BCUT2D eigenvalue weighted by molar-refractivity contribution is 8.00. The number of Topliss-reactive ketones (excluding diaryl/α,β-unsaturated/α-hetero) is 1. The second-order valence-corrected chi connectivity index (χ2v) is 5.38. The summed E-state index contributed by atoms with van der Waals surface area (Å²) in [4.78, 5) is 11.9. The average molecular weight is 252 g/mol. The number of hydrogen-bond acceptors (Lipinski definition) is 4. The molecule has 1 aliphatic heterocycles. The SMILES string of the molecule is O=C(CSC1CCOCC1)c1ccc(O)cc1. The maximum atomic E-state index is 11.9. The summed E-state index contributed by atoms with van der Waals surface area (Å²) in [5.74, 6) is 0.829. The van der Waals surface area contributed by atoms with E-state index in [-0.39, 0.29) is 11.5 Å². The molecular formula is C13H16O3S. The fourth-order valence-corrected chi connectivity index (χ4v) is 2.85. The van der Waals surface area contributed by atoms with Crippen LogP contribution in [-0.2, 0) is 4.74 Å². The Morgan fingerprint density at radius 3 is 2.59 bits per heavy atom. The zero-order valence-electron chi connectivity index (χ0n) is 9.59. The number of aromatic hydroxyl groups is 1. The van der Waals surface area contributed by atoms with Gasteiger partial charge in [0.25, 0.3) is 0 Å². The molecule has 0 aromatic heterocycles. The van der Waals surface area contributed by atoms with E-state index in [1.54, 1.807) is 36.0 Å². The van der Waals surface area contributed by atoms with Gasteiger partial charge in [0.15, 0.2) is 5.78 Å². The van der Waals surface area contributed by atoms with Gasteiger partial charge in [0.2, 0.25) is 0 Å². The Morgan fingerprint density at radius 1 is 1.29 bits per heavy atom. The molecule has 0 aliphatic carbocycles. The van der Waals surface area contributed by atoms with E-state index in [1.807, 2.05) is 0 Å². The summed E-state index contributed by atoms with van der Waals surface area (Å²) in [6, 6.07) is 6.43. The van der Waals surface area contributed by atoms with E-state index in [0.717, 1.165) is 26.1 Å². The van der Waals surface area contributed by atoms with Crippen LogP contribution < -0.4 is 0 Å². The lowest BCUT2D eigenvalue weighted by Crippen LogP contribution is -2.19. The van der Waals surface area contributed by atoms with Gasteiger partial charge in [-0.05, 0) is 37.1 Å². The molecule has 2 rings (SSSR count). The van der Waals surface area contributed by atoms with E-state index in [4.69, 9.17) is 9.84 Å². The van der Waals surface area contributed by atoms with Gasteiger partial charge in [-0.15, -0.1) is 0 Å². The molecule has 0 spiro atoms. The van der Waals surface area contributed by atoms with Crippen LogP contribution in [0.2, 0.25) is 0 Å². The molecule has 92 valence electrons. The topological polar surface area (TPSA) is 46.5 Å². The van der Waals surface area contributed by atoms with Gasteiger partial charge in [0, 0.05) is 24.0 Å². The Balaban J connectivity index is 1.82. The van der Waals surface area contributed by atoms with Crippen LogP contribution in [0.1, 0.15) is 23.2 Å². The molecule has 1 N–H and O–H groups in total. The summed E-state index contributed by atoms with van der Waals surface area (Å²) in [7, 11) is 0. The molecule has 4 heteroatoms. The number of phenols is 1. The Labute approximate surface area is 105 Å². The number of carbonyl (C=O) groups excluding carboxylic acids is 1. The maximum Gasteiger partial charge on any atom is 0.172 e. The smallest absolute Gasteiger partial charge is 0.172 e.